The van der Waals surface area contributed by atoms with Gasteiger partial charge >= 0.3 is 0 Å². The molecule has 9 heteroatoms. The number of hydrogen-bond acceptors (Lipinski definition) is 8. The number of rotatable bonds is 7. The van der Waals surface area contributed by atoms with Crippen molar-refractivity contribution >= 4 is 21.6 Å². The number of sulfone groups is 1. The van der Waals surface area contributed by atoms with Gasteiger partial charge in [-0.05, 0) is 31.0 Å². The maximum absolute atomic E-state index is 11.8. The maximum atomic E-state index is 11.8. The van der Waals surface area contributed by atoms with E-state index in [1.54, 1.807) is 13.3 Å². The average molecular weight is 377 g/mol. The Morgan fingerprint density at radius 2 is 2.08 bits per heavy atom. The van der Waals surface area contributed by atoms with Gasteiger partial charge in [0.2, 0.25) is 5.95 Å². The monoisotopic (exact) mass is 377 g/mol. The van der Waals surface area contributed by atoms with E-state index in [0.717, 1.165) is 11.3 Å². The van der Waals surface area contributed by atoms with Crippen molar-refractivity contribution in [2.75, 3.05) is 35.4 Å². The van der Waals surface area contributed by atoms with Crippen LogP contribution in [0.4, 0.5) is 11.8 Å². The Morgan fingerprint density at radius 1 is 1.31 bits per heavy atom. The normalized spacial score (nSPS) is 18.5. The second-order valence-corrected chi connectivity index (χ2v) is 8.41. The van der Waals surface area contributed by atoms with Crippen molar-refractivity contribution in [2.24, 2.45) is 0 Å². The summed E-state index contributed by atoms with van der Waals surface area (Å²) >= 11 is 0. The van der Waals surface area contributed by atoms with Gasteiger partial charge < -0.3 is 15.0 Å². The van der Waals surface area contributed by atoms with E-state index in [1.807, 2.05) is 36.1 Å². The van der Waals surface area contributed by atoms with Crippen molar-refractivity contribution in [1.29, 1.82) is 0 Å². The summed E-state index contributed by atoms with van der Waals surface area (Å²) < 4.78 is 28.7. The lowest BCUT2D eigenvalue weighted by atomic mass is 10.2. The summed E-state index contributed by atoms with van der Waals surface area (Å²) in [4.78, 5) is 6.42. The number of benzene rings is 1. The fourth-order valence-corrected chi connectivity index (χ4v) is 4.75. The van der Waals surface area contributed by atoms with Gasteiger partial charge in [0.15, 0.2) is 15.7 Å². The van der Waals surface area contributed by atoms with Crippen LogP contribution in [-0.4, -0.2) is 54.8 Å². The first kappa shape index (κ1) is 18.4. The first-order valence-corrected chi connectivity index (χ1v) is 10.4. The summed E-state index contributed by atoms with van der Waals surface area (Å²) in [5, 5.41) is 11.3. The highest BCUT2D eigenvalue weighted by atomic mass is 32.2. The smallest absolute Gasteiger partial charge is 0.247 e. The number of ether oxygens (including phenoxy) is 1. The van der Waals surface area contributed by atoms with Gasteiger partial charge in [0, 0.05) is 19.1 Å². The molecule has 0 radical (unpaired) electrons. The molecule has 3 rings (SSSR count). The summed E-state index contributed by atoms with van der Waals surface area (Å²) in [7, 11) is -1.33. The fraction of sp³-hybridized carbons (Fsp3) is 0.471. The SMILES string of the molecule is CCN(c1nncc(NCc2ccc(OC)cc2)n1)C1CCS(=O)(=O)C1. The lowest BCUT2D eigenvalue weighted by Crippen LogP contribution is -2.37. The molecule has 1 saturated heterocycles. The van der Waals surface area contributed by atoms with Gasteiger partial charge in [-0.3, -0.25) is 0 Å². The molecule has 0 bridgehead atoms. The molecular formula is C17H23N5O3S. The number of nitrogens with zero attached hydrogens (tertiary/aromatic N) is 4. The van der Waals surface area contributed by atoms with Crippen LogP contribution in [-0.2, 0) is 16.4 Å². The minimum Gasteiger partial charge on any atom is -0.497 e. The molecule has 1 aromatic heterocycles. The van der Waals surface area contributed by atoms with Crippen molar-refractivity contribution in [1.82, 2.24) is 15.2 Å². The minimum absolute atomic E-state index is 0.0939. The van der Waals surface area contributed by atoms with E-state index in [9.17, 15) is 8.42 Å². The summed E-state index contributed by atoms with van der Waals surface area (Å²) in [6.07, 6.45) is 2.16. The van der Waals surface area contributed by atoms with Crippen LogP contribution in [0.25, 0.3) is 0 Å². The Bertz CT molecular complexity index is 842. The third kappa shape index (κ3) is 4.40. The van der Waals surface area contributed by atoms with Crippen LogP contribution < -0.4 is 15.0 Å². The highest BCUT2D eigenvalue weighted by molar-refractivity contribution is 7.91. The van der Waals surface area contributed by atoms with E-state index in [4.69, 9.17) is 4.74 Å². The Hall–Kier alpha value is -2.42. The van der Waals surface area contributed by atoms with Crippen LogP contribution in [0.1, 0.15) is 18.9 Å². The molecule has 2 heterocycles. The lowest BCUT2D eigenvalue weighted by molar-refractivity contribution is 0.414. The Morgan fingerprint density at radius 3 is 2.69 bits per heavy atom. The van der Waals surface area contributed by atoms with Crippen molar-refractivity contribution < 1.29 is 13.2 Å². The zero-order valence-electron chi connectivity index (χ0n) is 14.9. The second kappa shape index (κ2) is 7.86. The summed E-state index contributed by atoms with van der Waals surface area (Å²) in [5.41, 5.74) is 1.08. The highest BCUT2D eigenvalue weighted by Gasteiger charge is 2.33. The second-order valence-electron chi connectivity index (χ2n) is 6.19. The molecule has 140 valence electrons. The molecule has 1 aliphatic rings. The fourth-order valence-electron chi connectivity index (χ4n) is 3.02. The zero-order chi connectivity index (χ0) is 18.6. The standard InChI is InChI=1S/C17H23N5O3S/c1-3-22(14-8-9-26(23,24)12-14)17-20-16(11-19-21-17)18-10-13-4-6-15(25-2)7-5-13/h4-7,11,14H,3,8-10,12H2,1-2H3,(H,18,20,21). The quantitative estimate of drug-likeness (QED) is 0.775. The average Bonchev–Trinajstić information content (AvgIpc) is 3.01. The van der Waals surface area contributed by atoms with Gasteiger partial charge in [0.05, 0.1) is 24.8 Å². The molecule has 2 aromatic rings. The number of anilines is 2. The van der Waals surface area contributed by atoms with Gasteiger partial charge in [-0.15, -0.1) is 5.10 Å². The summed E-state index contributed by atoms with van der Waals surface area (Å²) in [6.45, 7) is 3.18. The van der Waals surface area contributed by atoms with E-state index < -0.39 is 9.84 Å². The van der Waals surface area contributed by atoms with E-state index in [-0.39, 0.29) is 17.5 Å². The number of nitrogens with one attached hydrogen (secondary N) is 1. The lowest BCUT2D eigenvalue weighted by Gasteiger charge is -2.26. The first-order valence-electron chi connectivity index (χ1n) is 8.54. The van der Waals surface area contributed by atoms with E-state index in [0.29, 0.717) is 31.3 Å². The predicted molar refractivity (Wildman–Crippen MR) is 100 cm³/mol. The van der Waals surface area contributed by atoms with Gasteiger partial charge in [-0.1, -0.05) is 12.1 Å². The topological polar surface area (TPSA) is 97.3 Å². The van der Waals surface area contributed by atoms with Gasteiger partial charge in [0.1, 0.15) is 5.75 Å². The zero-order valence-corrected chi connectivity index (χ0v) is 15.7. The number of hydrogen-bond donors (Lipinski definition) is 1. The molecule has 1 aliphatic heterocycles. The van der Waals surface area contributed by atoms with Crippen LogP contribution in [0, 0.1) is 0 Å². The van der Waals surface area contributed by atoms with E-state index >= 15 is 0 Å². The number of methoxy groups -OCH3 is 1. The van der Waals surface area contributed by atoms with Crippen molar-refractivity contribution in [3.63, 3.8) is 0 Å². The van der Waals surface area contributed by atoms with Crippen molar-refractivity contribution in [3.05, 3.63) is 36.0 Å². The van der Waals surface area contributed by atoms with E-state index in [1.165, 1.54) is 0 Å². The molecule has 1 atom stereocenters. The van der Waals surface area contributed by atoms with Crippen molar-refractivity contribution in [3.8, 4) is 5.75 Å². The third-order valence-corrected chi connectivity index (χ3v) is 6.18. The van der Waals surface area contributed by atoms with E-state index in [2.05, 4.69) is 20.5 Å². The van der Waals surface area contributed by atoms with Crippen LogP contribution in [0.15, 0.2) is 30.5 Å². The Labute approximate surface area is 153 Å². The molecule has 1 unspecified atom stereocenters. The first-order chi connectivity index (χ1) is 12.5. The molecular weight excluding hydrogens is 354 g/mol. The minimum atomic E-state index is -2.96. The Kier molecular flexibility index (Phi) is 5.55. The van der Waals surface area contributed by atoms with Gasteiger partial charge in [-0.2, -0.15) is 10.1 Å². The predicted octanol–water partition coefficient (Wildman–Crippen LogP) is 1.51. The molecule has 26 heavy (non-hydrogen) atoms. The molecule has 0 aliphatic carbocycles. The summed E-state index contributed by atoms with van der Waals surface area (Å²) in [5.74, 6) is 2.23. The van der Waals surface area contributed by atoms with Gasteiger partial charge in [-0.25, -0.2) is 8.42 Å². The van der Waals surface area contributed by atoms with Crippen LogP contribution in [0.5, 0.6) is 5.75 Å². The molecule has 1 aromatic carbocycles. The third-order valence-electron chi connectivity index (χ3n) is 4.43. The molecule has 1 fully saturated rings. The van der Waals surface area contributed by atoms with Crippen LogP contribution >= 0.6 is 0 Å². The van der Waals surface area contributed by atoms with Gasteiger partial charge in [0.25, 0.3) is 0 Å². The van der Waals surface area contributed by atoms with Crippen LogP contribution in [0.3, 0.4) is 0 Å². The molecule has 0 amide bonds. The summed E-state index contributed by atoms with van der Waals surface area (Å²) in [6, 6.07) is 7.66. The maximum Gasteiger partial charge on any atom is 0.247 e. The highest BCUT2D eigenvalue weighted by Crippen LogP contribution is 2.22. The Balaban J connectivity index is 1.68. The largest absolute Gasteiger partial charge is 0.497 e. The van der Waals surface area contributed by atoms with Crippen molar-refractivity contribution in [2.45, 2.75) is 25.9 Å². The molecule has 0 spiro atoms. The molecule has 8 nitrogen and oxygen atoms in total. The number of aromatic nitrogens is 3. The molecule has 0 saturated carbocycles. The van der Waals surface area contributed by atoms with Crippen LogP contribution in [0.2, 0.25) is 0 Å². The molecule has 1 N–H and O–H groups in total.